The van der Waals surface area contributed by atoms with Gasteiger partial charge < -0.3 is 10.1 Å². The smallest absolute Gasteiger partial charge is 0.277 e. The van der Waals surface area contributed by atoms with Crippen LogP contribution in [0, 0.1) is 24.0 Å². The fourth-order valence-corrected chi connectivity index (χ4v) is 3.35. The number of aromatic nitrogens is 2. The highest BCUT2D eigenvalue weighted by Gasteiger charge is 2.18. The van der Waals surface area contributed by atoms with Gasteiger partial charge in [-0.3, -0.25) is 19.6 Å². The molecule has 0 atom stereocenters. The maximum atomic E-state index is 12.6. The predicted molar refractivity (Wildman–Crippen MR) is 113 cm³/mol. The van der Waals surface area contributed by atoms with E-state index in [1.54, 1.807) is 10.9 Å². The van der Waals surface area contributed by atoms with Crippen molar-refractivity contribution in [2.45, 2.75) is 27.3 Å². The number of non-ortho nitro benzene ring substituents is 1. The molecule has 0 radical (unpaired) electrons. The van der Waals surface area contributed by atoms with Crippen molar-refractivity contribution in [3.63, 3.8) is 0 Å². The molecule has 8 nitrogen and oxygen atoms in total. The fraction of sp³-hybridized carbons (Fsp3) is 0.200. The third-order valence-corrected chi connectivity index (χ3v) is 4.63. The Hall–Kier alpha value is -3.20. The number of hydrogen-bond acceptors (Lipinski definition) is 5. The lowest BCUT2D eigenvalue weighted by molar-refractivity contribution is -0.384. The Morgan fingerprint density at radius 3 is 2.41 bits per heavy atom. The van der Waals surface area contributed by atoms with Crippen molar-refractivity contribution in [3.05, 3.63) is 74.0 Å². The number of nitro benzene ring substituents is 1. The number of nitrogens with zero attached hydrogens (tertiary/aromatic N) is 3. The second-order valence-corrected chi connectivity index (χ2v) is 7.39. The van der Waals surface area contributed by atoms with Gasteiger partial charge in [0.2, 0.25) is 0 Å². The second-order valence-electron chi connectivity index (χ2n) is 6.53. The van der Waals surface area contributed by atoms with Gasteiger partial charge in [0, 0.05) is 24.9 Å². The van der Waals surface area contributed by atoms with Crippen LogP contribution in [0.25, 0.3) is 0 Å². The van der Waals surface area contributed by atoms with E-state index in [9.17, 15) is 14.9 Å². The van der Waals surface area contributed by atoms with Crippen LogP contribution in [-0.4, -0.2) is 20.6 Å². The number of rotatable bonds is 6. The SMILES string of the molecule is CCn1cc(Br)c(C(=O)Nc2cc(Oc3cc(C)cc(C)c3)cc([N+](=O)[O-])c2)n1. The van der Waals surface area contributed by atoms with Gasteiger partial charge in [-0.25, -0.2) is 0 Å². The molecule has 0 unspecified atom stereocenters. The zero-order chi connectivity index (χ0) is 21.1. The number of halogens is 1. The van der Waals surface area contributed by atoms with Gasteiger partial charge in [0.05, 0.1) is 21.1 Å². The van der Waals surface area contributed by atoms with E-state index < -0.39 is 10.8 Å². The van der Waals surface area contributed by atoms with Gasteiger partial charge in [0.25, 0.3) is 11.6 Å². The van der Waals surface area contributed by atoms with E-state index in [1.165, 1.54) is 18.2 Å². The van der Waals surface area contributed by atoms with E-state index in [0.29, 0.717) is 16.8 Å². The van der Waals surface area contributed by atoms with Crippen LogP contribution in [0.3, 0.4) is 0 Å². The predicted octanol–water partition coefficient (Wildman–Crippen LogP) is 5.24. The Morgan fingerprint density at radius 2 is 1.83 bits per heavy atom. The van der Waals surface area contributed by atoms with E-state index in [-0.39, 0.29) is 22.8 Å². The van der Waals surface area contributed by atoms with Crippen molar-refractivity contribution >= 4 is 33.2 Å². The van der Waals surface area contributed by atoms with E-state index >= 15 is 0 Å². The normalized spacial score (nSPS) is 10.6. The van der Waals surface area contributed by atoms with Crippen LogP contribution < -0.4 is 10.1 Å². The minimum atomic E-state index is -0.536. The molecule has 29 heavy (non-hydrogen) atoms. The van der Waals surface area contributed by atoms with E-state index in [1.807, 2.05) is 39.0 Å². The number of amides is 1. The number of hydrogen-bond donors (Lipinski definition) is 1. The minimum Gasteiger partial charge on any atom is -0.457 e. The summed E-state index contributed by atoms with van der Waals surface area (Å²) in [4.78, 5) is 23.4. The molecular formula is C20H19BrN4O4. The third-order valence-electron chi connectivity index (χ3n) is 4.05. The maximum Gasteiger partial charge on any atom is 0.277 e. The standard InChI is InChI=1S/C20H19BrN4O4/c1-4-24-11-18(21)19(23-24)20(26)22-14-8-15(25(27)28)10-17(9-14)29-16-6-12(2)5-13(3)7-16/h5-11H,4H2,1-3H3,(H,22,26). The van der Waals surface area contributed by atoms with E-state index in [0.717, 1.165) is 11.1 Å². The Balaban J connectivity index is 1.91. The lowest BCUT2D eigenvalue weighted by Gasteiger charge is -2.10. The molecule has 0 aliphatic carbocycles. The molecule has 0 bridgehead atoms. The first-order chi connectivity index (χ1) is 13.7. The Kier molecular flexibility index (Phi) is 5.97. The molecule has 3 rings (SSSR count). The number of nitro groups is 1. The summed E-state index contributed by atoms with van der Waals surface area (Å²) in [7, 11) is 0. The van der Waals surface area contributed by atoms with Crippen LogP contribution >= 0.6 is 15.9 Å². The zero-order valence-electron chi connectivity index (χ0n) is 16.1. The number of aryl methyl sites for hydroxylation is 3. The van der Waals surface area contributed by atoms with Gasteiger partial charge in [0.15, 0.2) is 5.69 Å². The highest BCUT2D eigenvalue weighted by molar-refractivity contribution is 9.10. The summed E-state index contributed by atoms with van der Waals surface area (Å²) < 4.78 is 7.97. The Labute approximate surface area is 175 Å². The molecule has 0 aliphatic heterocycles. The maximum absolute atomic E-state index is 12.6. The summed E-state index contributed by atoms with van der Waals surface area (Å²) in [5, 5.41) is 18.2. The quantitative estimate of drug-likeness (QED) is 0.402. The molecule has 1 aromatic heterocycles. The van der Waals surface area contributed by atoms with Crippen molar-refractivity contribution < 1.29 is 14.5 Å². The Morgan fingerprint density at radius 1 is 1.17 bits per heavy atom. The zero-order valence-corrected chi connectivity index (χ0v) is 17.7. The van der Waals surface area contributed by atoms with Gasteiger partial charge in [-0.15, -0.1) is 0 Å². The van der Waals surface area contributed by atoms with Crippen LogP contribution in [0.1, 0.15) is 28.5 Å². The van der Waals surface area contributed by atoms with Crippen LogP contribution in [0.15, 0.2) is 47.1 Å². The molecule has 1 amide bonds. The summed E-state index contributed by atoms with van der Waals surface area (Å²) >= 11 is 3.30. The molecule has 3 aromatic rings. The van der Waals surface area contributed by atoms with Crippen LogP contribution in [0.2, 0.25) is 0 Å². The lowest BCUT2D eigenvalue weighted by atomic mass is 10.1. The molecule has 2 aromatic carbocycles. The fourth-order valence-electron chi connectivity index (χ4n) is 2.85. The molecule has 0 saturated heterocycles. The summed E-state index contributed by atoms with van der Waals surface area (Å²) in [6, 6.07) is 9.79. The number of nitrogens with one attached hydrogen (secondary N) is 1. The van der Waals surface area contributed by atoms with Gasteiger partial charge in [-0.05, 0) is 60.0 Å². The molecule has 0 spiro atoms. The molecule has 150 valence electrons. The first-order valence-corrected chi connectivity index (χ1v) is 9.64. The number of ether oxygens (including phenoxy) is 1. The van der Waals surface area contributed by atoms with E-state index in [2.05, 4.69) is 26.3 Å². The summed E-state index contributed by atoms with van der Waals surface area (Å²) in [6.07, 6.45) is 1.69. The van der Waals surface area contributed by atoms with Crippen molar-refractivity contribution in [1.82, 2.24) is 9.78 Å². The molecule has 9 heteroatoms. The van der Waals surface area contributed by atoms with Crippen molar-refractivity contribution in [2.75, 3.05) is 5.32 Å². The molecular weight excluding hydrogens is 440 g/mol. The molecule has 0 saturated carbocycles. The second kappa shape index (κ2) is 8.44. The third kappa shape index (κ3) is 5.00. The van der Waals surface area contributed by atoms with Crippen molar-refractivity contribution in [2.24, 2.45) is 0 Å². The van der Waals surface area contributed by atoms with Gasteiger partial charge in [-0.2, -0.15) is 5.10 Å². The number of carbonyl (C=O) groups excluding carboxylic acids is 1. The topological polar surface area (TPSA) is 99.3 Å². The van der Waals surface area contributed by atoms with Crippen LogP contribution in [0.4, 0.5) is 11.4 Å². The average molecular weight is 459 g/mol. The number of benzene rings is 2. The monoisotopic (exact) mass is 458 g/mol. The van der Waals surface area contributed by atoms with Crippen molar-refractivity contribution in [3.8, 4) is 11.5 Å². The largest absolute Gasteiger partial charge is 0.457 e. The highest BCUT2D eigenvalue weighted by Crippen LogP contribution is 2.31. The van der Waals surface area contributed by atoms with Crippen molar-refractivity contribution in [1.29, 1.82) is 0 Å². The average Bonchev–Trinajstić information content (AvgIpc) is 3.01. The van der Waals surface area contributed by atoms with Gasteiger partial charge >= 0.3 is 0 Å². The minimum absolute atomic E-state index is 0.190. The number of carbonyl (C=O) groups is 1. The van der Waals surface area contributed by atoms with Gasteiger partial charge in [0.1, 0.15) is 11.5 Å². The Bertz CT molecular complexity index is 1070. The van der Waals surface area contributed by atoms with Gasteiger partial charge in [-0.1, -0.05) is 6.07 Å². The highest BCUT2D eigenvalue weighted by atomic mass is 79.9. The molecule has 0 fully saturated rings. The lowest BCUT2D eigenvalue weighted by Crippen LogP contribution is -2.14. The number of anilines is 1. The first kappa shape index (κ1) is 20.5. The van der Waals surface area contributed by atoms with E-state index in [4.69, 9.17) is 4.74 Å². The molecule has 1 N–H and O–H groups in total. The van der Waals surface area contributed by atoms with Crippen LogP contribution in [-0.2, 0) is 6.54 Å². The summed E-state index contributed by atoms with van der Waals surface area (Å²) in [6.45, 7) is 6.38. The molecule has 1 heterocycles. The summed E-state index contributed by atoms with van der Waals surface area (Å²) in [5.74, 6) is 0.323. The first-order valence-electron chi connectivity index (χ1n) is 8.85. The molecule has 0 aliphatic rings. The summed E-state index contributed by atoms with van der Waals surface area (Å²) in [5.41, 5.74) is 2.25. The van der Waals surface area contributed by atoms with Crippen LogP contribution in [0.5, 0.6) is 11.5 Å².